The van der Waals surface area contributed by atoms with Crippen LogP contribution in [0.3, 0.4) is 0 Å². The zero-order valence-corrected chi connectivity index (χ0v) is 18.5. The van der Waals surface area contributed by atoms with Gasteiger partial charge in [-0.2, -0.15) is 0 Å². The Kier molecular flexibility index (Phi) is 8.43. The summed E-state index contributed by atoms with van der Waals surface area (Å²) in [5.41, 5.74) is 10.4. The maximum Gasteiger partial charge on any atom is 0 e. The van der Waals surface area contributed by atoms with Gasteiger partial charge in [-0.25, -0.2) is 0 Å². The Bertz CT molecular complexity index is 820. The van der Waals surface area contributed by atoms with E-state index in [1.807, 2.05) is 0 Å². The van der Waals surface area contributed by atoms with Crippen LogP contribution in [0.15, 0.2) is 97.1 Å². The summed E-state index contributed by atoms with van der Waals surface area (Å²) in [5.74, 6) is 0. The average Bonchev–Trinajstić information content (AvgIpc) is 2.71. The molecule has 0 spiro atoms. The van der Waals surface area contributed by atoms with E-state index in [1.54, 1.807) is 0 Å². The first-order valence-corrected chi connectivity index (χ1v) is 9.79. The predicted octanol–water partition coefficient (Wildman–Crippen LogP) is 7.94. The number of rotatable bonds is 2. The minimum Gasteiger partial charge on any atom is -0.0587 e. The fourth-order valence-corrected chi connectivity index (χ4v) is 2.98. The van der Waals surface area contributed by atoms with E-state index >= 15 is 0 Å². The fraction of sp³-hybridized carbons (Fsp3) is 0.143. The van der Waals surface area contributed by atoms with E-state index in [0.717, 1.165) is 0 Å². The molecule has 0 aliphatic carbocycles. The Morgan fingerprint density at radius 3 is 0.552 bits per heavy atom. The summed E-state index contributed by atoms with van der Waals surface area (Å²) >= 11 is 0. The Morgan fingerprint density at radius 1 is 0.276 bits per heavy atom. The third-order valence-electron chi connectivity index (χ3n) is 4.87. The number of benzene rings is 4. The van der Waals surface area contributed by atoms with Crippen LogP contribution in [-0.4, -0.2) is 0 Å². The smallest absolute Gasteiger partial charge is 0 e. The van der Waals surface area contributed by atoms with Gasteiger partial charge in [-0.05, 0) is 49.9 Å². The Balaban J connectivity index is 0.000000200. The van der Waals surface area contributed by atoms with Gasteiger partial charge in [0.25, 0.3) is 0 Å². The molecule has 0 nitrogen and oxygen atoms in total. The van der Waals surface area contributed by atoms with E-state index in [1.165, 1.54) is 44.5 Å². The van der Waals surface area contributed by atoms with Crippen molar-refractivity contribution in [3.63, 3.8) is 0 Å². The SMILES string of the molecule is Cc1ccc(-c2ccc(C)cc2)cc1.Cc1ccc(-c2ccc(C)cc2)cc1.[Ni]. The maximum absolute atomic E-state index is 2.17. The second kappa shape index (κ2) is 10.8. The van der Waals surface area contributed by atoms with Crippen LogP contribution in [0.2, 0.25) is 0 Å². The normalized spacial score (nSPS) is 9.79. The van der Waals surface area contributed by atoms with Gasteiger partial charge in [-0.3, -0.25) is 0 Å². The molecule has 29 heavy (non-hydrogen) atoms. The average molecular weight is 423 g/mol. The van der Waals surface area contributed by atoms with E-state index < -0.39 is 0 Å². The molecule has 1 heteroatoms. The van der Waals surface area contributed by atoms with Gasteiger partial charge in [0.1, 0.15) is 0 Å². The standard InChI is InChI=1S/2C14H14.Ni/c2*1-11-3-7-13(8-4-11)14-9-5-12(2)6-10-14;/h2*3-10H,1-2H3;. The van der Waals surface area contributed by atoms with Gasteiger partial charge in [0, 0.05) is 16.5 Å². The molecule has 0 saturated heterocycles. The van der Waals surface area contributed by atoms with Crippen molar-refractivity contribution in [3.8, 4) is 22.3 Å². The van der Waals surface area contributed by atoms with Gasteiger partial charge < -0.3 is 0 Å². The van der Waals surface area contributed by atoms with Crippen molar-refractivity contribution in [2.45, 2.75) is 27.7 Å². The van der Waals surface area contributed by atoms with Gasteiger partial charge in [0.15, 0.2) is 0 Å². The molecule has 4 aromatic carbocycles. The summed E-state index contributed by atoms with van der Waals surface area (Å²) in [6, 6.07) is 34.5. The van der Waals surface area contributed by atoms with Crippen molar-refractivity contribution in [1.82, 2.24) is 0 Å². The zero-order chi connectivity index (χ0) is 19.9. The quantitative estimate of drug-likeness (QED) is 0.287. The summed E-state index contributed by atoms with van der Waals surface area (Å²) in [6.45, 7) is 8.44. The second-order valence-electron chi connectivity index (χ2n) is 7.46. The molecule has 0 heterocycles. The van der Waals surface area contributed by atoms with Crippen LogP contribution in [-0.2, 0) is 16.5 Å². The molecule has 0 aliphatic rings. The molecule has 0 fully saturated rings. The minimum atomic E-state index is 0. The molecule has 0 aromatic heterocycles. The first-order chi connectivity index (χ1) is 13.5. The largest absolute Gasteiger partial charge is 0.0587 e. The van der Waals surface area contributed by atoms with Crippen molar-refractivity contribution in [1.29, 1.82) is 0 Å². The molecular weight excluding hydrogens is 395 g/mol. The third-order valence-corrected chi connectivity index (χ3v) is 4.87. The molecule has 0 unspecified atom stereocenters. The number of hydrogen-bond acceptors (Lipinski definition) is 0. The van der Waals surface area contributed by atoms with Crippen LogP contribution in [0, 0.1) is 27.7 Å². The number of aryl methyl sites for hydroxylation is 4. The van der Waals surface area contributed by atoms with Gasteiger partial charge in [-0.1, -0.05) is 119 Å². The second-order valence-corrected chi connectivity index (χ2v) is 7.46. The Morgan fingerprint density at radius 2 is 0.414 bits per heavy atom. The Hall–Kier alpha value is -2.63. The van der Waals surface area contributed by atoms with E-state index in [-0.39, 0.29) is 16.5 Å². The minimum absolute atomic E-state index is 0. The van der Waals surface area contributed by atoms with Crippen molar-refractivity contribution >= 4 is 0 Å². The third kappa shape index (κ3) is 6.73. The summed E-state index contributed by atoms with van der Waals surface area (Å²) in [5, 5.41) is 0. The van der Waals surface area contributed by atoms with Gasteiger partial charge in [-0.15, -0.1) is 0 Å². The van der Waals surface area contributed by atoms with Gasteiger partial charge in [0.05, 0.1) is 0 Å². The first-order valence-electron chi connectivity index (χ1n) is 9.79. The maximum atomic E-state index is 2.17. The van der Waals surface area contributed by atoms with Crippen molar-refractivity contribution in [3.05, 3.63) is 119 Å². The van der Waals surface area contributed by atoms with Crippen LogP contribution in [0.5, 0.6) is 0 Å². The van der Waals surface area contributed by atoms with Crippen LogP contribution in [0.25, 0.3) is 22.3 Å². The van der Waals surface area contributed by atoms with Crippen molar-refractivity contribution in [2.75, 3.05) is 0 Å². The molecular formula is C28H28Ni. The molecule has 0 N–H and O–H groups in total. The summed E-state index contributed by atoms with van der Waals surface area (Å²) in [6.07, 6.45) is 0. The Labute approximate surface area is 185 Å². The molecule has 0 saturated carbocycles. The topological polar surface area (TPSA) is 0 Å². The summed E-state index contributed by atoms with van der Waals surface area (Å²) < 4.78 is 0. The molecule has 0 bridgehead atoms. The van der Waals surface area contributed by atoms with E-state index in [0.29, 0.717) is 0 Å². The van der Waals surface area contributed by atoms with Crippen LogP contribution in [0.1, 0.15) is 22.3 Å². The van der Waals surface area contributed by atoms with E-state index in [9.17, 15) is 0 Å². The van der Waals surface area contributed by atoms with Gasteiger partial charge >= 0.3 is 0 Å². The first kappa shape index (κ1) is 22.7. The summed E-state index contributed by atoms with van der Waals surface area (Å²) in [4.78, 5) is 0. The van der Waals surface area contributed by atoms with Crippen LogP contribution < -0.4 is 0 Å². The van der Waals surface area contributed by atoms with E-state index in [2.05, 4.69) is 125 Å². The molecule has 0 atom stereocenters. The van der Waals surface area contributed by atoms with Crippen LogP contribution in [0.4, 0.5) is 0 Å². The molecule has 4 rings (SSSR count). The monoisotopic (exact) mass is 422 g/mol. The molecule has 150 valence electrons. The molecule has 4 aromatic rings. The van der Waals surface area contributed by atoms with E-state index in [4.69, 9.17) is 0 Å². The molecule has 0 amide bonds. The summed E-state index contributed by atoms with van der Waals surface area (Å²) in [7, 11) is 0. The molecule has 0 aliphatic heterocycles. The fourth-order valence-electron chi connectivity index (χ4n) is 2.98. The van der Waals surface area contributed by atoms with Crippen molar-refractivity contribution < 1.29 is 16.5 Å². The van der Waals surface area contributed by atoms with Gasteiger partial charge in [0.2, 0.25) is 0 Å². The number of hydrogen-bond donors (Lipinski definition) is 0. The zero-order valence-electron chi connectivity index (χ0n) is 17.6. The molecule has 0 radical (unpaired) electrons. The predicted molar refractivity (Wildman–Crippen MR) is 123 cm³/mol. The van der Waals surface area contributed by atoms with Crippen LogP contribution >= 0.6 is 0 Å². The van der Waals surface area contributed by atoms with Crippen molar-refractivity contribution in [2.24, 2.45) is 0 Å².